The molecule has 2 N–H and O–H groups in total. The van der Waals surface area contributed by atoms with E-state index in [0.29, 0.717) is 0 Å². The molecule has 0 heterocycles. The van der Waals surface area contributed by atoms with Gasteiger partial charge in [0.05, 0.1) is 0 Å². The van der Waals surface area contributed by atoms with Crippen LogP contribution in [-0.4, -0.2) is 30.6 Å². The van der Waals surface area contributed by atoms with Crippen LogP contribution in [0.15, 0.2) is 18.2 Å². The molecule has 0 spiro atoms. The average molecular weight is 223 g/mol. The molecule has 1 amide bonds. The number of amides is 1. The summed E-state index contributed by atoms with van der Waals surface area (Å²) in [5.41, 5.74) is 0.883. The Hall–Kier alpha value is -2.04. The molecule has 1 aromatic rings. The lowest BCUT2D eigenvalue weighted by atomic mass is 10.1. The Morgan fingerprint density at radius 1 is 1.44 bits per heavy atom. The highest BCUT2D eigenvalue weighted by Crippen LogP contribution is 2.18. The van der Waals surface area contributed by atoms with Gasteiger partial charge in [0, 0.05) is 7.05 Å². The predicted octanol–water partition coefficient (Wildman–Crippen LogP) is 0.603. The summed E-state index contributed by atoms with van der Waals surface area (Å²) in [6, 6.07) is 4.58. The maximum atomic E-state index is 11.5. The molecule has 86 valence electrons. The Bertz CT molecular complexity index is 414. The maximum absolute atomic E-state index is 11.5. The second kappa shape index (κ2) is 5.16. The van der Waals surface area contributed by atoms with Crippen LogP contribution in [0.3, 0.4) is 0 Å². The molecule has 0 aliphatic carbocycles. The quantitative estimate of drug-likeness (QED) is 0.736. The van der Waals surface area contributed by atoms with Gasteiger partial charge in [0.2, 0.25) is 0 Å². The number of carbonyl (C=O) groups excluding carboxylic acids is 2. The van der Waals surface area contributed by atoms with Crippen LogP contribution in [0.5, 0.6) is 5.75 Å². The third-order valence-corrected chi connectivity index (χ3v) is 1.99. The summed E-state index contributed by atoms with van der Waals surface area (Å²) in [5.74, 6) is -1.28. The van der Waals surface area contributed by atoms with Crippen molar-refractivity contribution in [2.24, 2.45) is 0 Å². The standard InChI is InChI=1S/C11H13NO4/c1-7-3-4-9(13)8(5-7)11(15)16-6-10(14)12-2/h3-5,13H,6H2,1-2H3,(H,12,14). The van der Waals surface area contributed by atoms with E-state index in [-0.39, 0.29) is 17.9 Å². The molecular formula is C11H13NO4. The number of phenolic OH excluding ortho intramolecular Hbond substituents is 1. The van der Waals surface area contributed by atoms with Crippen molar-refractivity contribution in [2.75, 3.05) is 13.7 Å². The number of aryl methyl sites for hydroxylation is 1. The number of ether oxygens (including phenoxy) is 1. The highest BCUT2D eigenvalue weighted by molar-refractivity contribution is 5.94. The number of benzene rings is 1. The SMILES string of the molecule is CNC(=O)COC(=O)c1cc(C)ccc1O. The summed E-state index contributed by atoms with van der Waals surface area (Å²) in [4.78, 5) is 22.3. The van der Waals surface area contributed by atoms with Crippen molar-refractivity contribution in [3.8, 4) is 5.75 Å². The fraction of sp³-hybridized carbons (Fsp3) is 0.273. The Kier molecular flexibility index (Phi) is 3.88. The van der Waals surface area contributed by atoms with Crippen molar-refractivity contribution >= 4 is 11.9 Å². The topological polar surface area (TPSA) is 75.6 Å². The van der Waals surface area contributed by atoms with E-state index in [9.17, 15) is 14.7 Å². The molecule has 0 fully saturated rings. The number of hydrogen-bond acceptors (Lipinski definition) is 4. The summed E-state index contributed by atoms with van der Waals surface area (Å²) in [6.45, 7) is 1.43. The van der Waals surface area contributed by atoms with Crippen LogP contribution in [0.25, 0.3) is 0 Å². The van der Waals surface area contributed by atoms with E-state index in [1.54, 1.807) is 13.0 Å². The summed E-state index contributed by atoms with van der Waals surface area (Å²) in [6.07, 6.45) is 0. The molecule has 0 saturated carbocycles. The van der Waals surface area contributed by atoms with Crippen molar-refractivity contribution in [3.63, 3.8) is 0 Å². The van der Waals surface area contributed by atoms with Gasteiger partial charge in [-0.2, -0.15) is 0 Å². The first-order chi connectivity index (χ1) is 7.54. The van der Waals surface area contributed by atoms with Gasteiger partial charge >= 0.3 is 5.97 Å². The number of carbonyl (C=O) groups is 2. The smallest absolute Gasteiger partial charge is 0.342 e. The van der Waals surface area contributed by atoms with E-state index >= 15 is 0 Å². The van der Waals surface area contributed by atoms with E-state index in [1.807, 2.05) is 0 Å². The van der Waals surface area contributed by atoms with Gasteiger partial charge in [0.25, 0.3) is 5.91 Å². The number of hydrogen-bond donors (Lipinski definition) is 2. The van der Waals surface area contributed by atoms with Crippen molar-refractivity contribution in [2.45, 2.75) is 6.92 Å². The van der Waals surface area contributed by atoms with Gasteiger partial charge in [-0.3, -0.25) is 4.79 Å². The van der Waals surface area contributed by atoms with Crippen molar-refractivity contribution < 1.29 is 19.4 Å². The van der Waals surface area contributed by atoms with Gasteiger partial charge in [-0.15, -0.1) is 0 Å². The zero-order chi connectivity index (χ0) is 12.1. The maximum Gasteiger partial charge on any atom is 0.342 e. The normalized spacial score (nSPS) is 9.62. The predicted molar refractivity (Wildman–Crippen MR) is 57.2 cm³/mol. The summed E-state index contributed by atoms with van der Waals surface area (Å²) < 4.78 is 4.71. The van der Waals surface area contributed by atoms with Crippen LogP contribution < -0.4 is 5.32 Å². The molecule has 0 saturated heterocycles. The van der Waals surface area contributed by atoms with Gasteiger partial charge in [-0.1, -0.05) is 11.6 Å². The number of rotatable bonds is 3. The Morgan fingerprint density at radius 3 is 2.75 bits per heavy atom. The molecule has 0 radical (unpaired) electrons. The second-order valence-electron chi connectivity index (χ2n) is 3.27. The molecule has 0 bridgehead atoms. The van der Waals surface area contributed by atoms with Gasteiger partial charge in [0.15, 0.2) is 6.61 Å². The van der Waals surface area contributed by atoms with Crippen LogP contribution >= 0.6 is 0 Å². The zero-order valence-electron chi connectivity index (χ0n) is 9.11. The molecule has 16 heavy (non-hydrogen) atoms. The highest BCUT2D eigenvalue weighted by atomic mass is 16.5. The minimum atomic E-state index is -0.718. The second-order valence-corrected chi connectivity index (χ2v) is 3.27. The fourth-order valence-electron chi connectivity index (χ4n) is 1.09. The summed E-state index contributed by atoms with van der Waals surface area (Å²) in [5, 5.41) is 11.7. The summed E-state index contributed by atoms with van der Waals surface area (Å²) >= 11 is 0. The van der Waals surface area contributed by atoms with Crippen LogP contribution in [-0.2, 0) is 9.53 Å². The Balaban J connectivity index is 2.73. The van der Waals surface area contributed by atoms with Crippen LogP contribution in [0.2, 0.25) is 0 Å². The molecule has 1 aromatic carbocycles. The first-order valence-electron chi connectivity index (χ1n) is 4.72. The summed E-state index contributed by atoms with van der Waals surface area (Å²) in [7, 11) is 1.44. The minimum absolute atomic E-state index is 0.0592. The fourth-order valence-corrected chi connectivity index (χ4v) is 1.09. The van der Waals surface area contributed by atoms with Crippen molar-refractivity contribution in [3.05, 3.63) is 29.3 Å². The molecule has 0 aliphatic heterocycles. The van der Waals surface area contributed by atoms with Gasteiger partial charge in [-0.25, -0.2) is 4.79 Å². The van der Waals surface area contributed by atoms with Gasteiger partial charge in [-0.05, 0) is 19.1 Å². The van der Waals surface area contributed by atoms with E-state index < -0.39 is 11.9 Å². The lowest BCUT2D eigenvalue weighted by Gasteiger charge is -2.06. The third kappa shape index (κ3) is 2.98. The van der Waals surface area contributed by atoms with Gasteiger partial charge < -0.3 is 15.2 Å². The van der Waals surface area contributed by atoms with E-state index in [0.717, 1.165) is 5.56 Å². The van der Waals surface area contributed by atoms with E-state index in [1.165, 1.54) is 19.2 Å². The number of nitrogens with one attached hydrogen (secondary N) is 1. The average Bonchev–Trinajstić information content (AvgIpc) is 2.28. The van der Waals surface area contributed by atoms with Crippen LogP contribution in [0, 0.1) is 6.92 Å². The first kappa shape index (κ1) is 12.0. The molecule has 0 unspecified atom stereocenters. The van der Waals surface area contributed by atoms with Gasteiger partial charge in [0.1, 0.15) is 11.3 Å². The van der Waals surface area contributed by atoms with Crippen LogP contribution in [0.1, 0.15) is 15.9 Å². The molecular weight excluding hydrogens is 210 g/mol. The van der Waals surface area contributed by atoms with Crippen molar-refractivity contribution in [1.82, 2.24) is 5.32 Å². The molecule has 1 rings (SSSR count). The molecule has 5 nitrogen and oxygen atoms in total. The molecule has 0 aliphatic rings. The zero-order valence-corrected chi connectivity index (χ0v) is 9.11. The molecule has 5 heteroatoms. The molecule has 0 atom stereocenters. The third-order valence-electron chi connectivity index (χ3n) is 1.99. The lowest BCUT2D eigenvalue weighted by molar-refractivity contribution is -0.123. The lowest BCUT2D eigenvalue weighted by Crippen LogP contribution is -2.25. The largest absolute Gasteiger partial charge is 0.507 e. The number of phenols is 1. The number of likely N-dealkylation sites (N-methyl/N-ethyl adjacent to an activating group) is 1. The van der Waals surface area contributed by atoms with Crippen molar-refractivity contribution in [1.29, 1.82) is 0 Å². The Morgan fingerprint density at radius 2 is 2.12 bits per heavy atom. The van der Waals surface area contributed by atoms with E-state index in [4.69, 9.17) is 4.74 Å². The number of esters is 1. The number of aromatic hydroxyl groups is 1. The van der Waals surface area contributed by atoms with E-state index in [2.05, 4.69) is 5.32 Å². The van der Waals surface area contributed by atoms with Crippen LogP contribution in [0.4, 0.5) is 0 Å². The monoisotopic (exact) mass is 223 g/mol. The minimum Gasteiger partial charge on any atom is -0.507 e. The first-order valence-corrected chi connectivity index (χ1v) is 4.72. The highest BCUT2D eigenvalue weighted by Gasteiger charge is 2.13. The Labute approximate surface area is 93.0 Å². The molecule has 0 aromatic heterocycles.